The normalized spacial score (nSPS) is 12.5. The second kappa shape index (κ2) is 9.94. The Morgan fingerprint density at radius 2 is 0.963 bits per heavy atom. The summed E-state index contributed by atoms with van der Waals surface area (Å²) in [5.74, 6) is 0. The van der Waals surface area contributed by atoms with Gasteiger partial charge in [0.2, 0.25) is 0 Å². The second-order valence-electron chi connectivity index (χ2n) is 14.4. The molecule has 0 bridgehead atoms. The Bertz CT molecular complexity index is 3820. The van der Waals surface area contributed by atoms with Gasteiger partial charge in [-0.25, -0.2) is 0 Å². The quantitative estimate of drug-likeness (QED) is 0.170. The van der Waals surface area contributed by atoms with Crippen LogP contribution in [-0.2, 0) is 0 Å². The smallest absolute Gasteiger partial charge is 0.263 e. The summed E-state index contributed by atoms with van der Waals surface area (Å²) in [6, 6.07) is 54.8. The summed E-state index contributed by atoms with van der Waals surface area (Å²) >= 11 is 0. The number of rotatable bonds is 2. The minimum atomic E-state index is 0.00823. The SMILES string of the molecule is O=c1c2ccccc2c2cccc3c4cc(-c5cc(-n6c7ccccc7c7ccc8c9ccccc9oc8c76)c6oc7ccccc7c6c5)ccc4n1c23. The molecule has 0 aliphatic rings. The number of hydrogen-bond donors (Lipinski definition) is 0. The lowest BCUT2D eigenvalue weighted by molar-refractivity contribution is 0.665. The molecule has 0 saturated carbocycles. The van der Waals surface area contributed by atoms with Gasteiger partial charge in [0.25, 0.3) is 5.56 Å². The predicted octanol–water partition coefficient (Wildman–Crippen LogP) is 12.8. The molecule has 8 aromatic carbocycles. The van der Waals surface area contributed by atoms with Gasteiger partial charge in [-0.2, -0.15) is 0 Å². The summed E-state index contributed by atoms with van der Waals surface area (Å²) in [5.41, 5.74) is 10.4. The molecule has 0 atom stereocenters. The van der Waals surface area contributed by atoms with Crippen molar-refractivity contribution in [1.29, 1.82) is 0 Å². The first-order valence-electron chi connectivity index (χ1n) is 18.2. The van der Waals surface area contributed by atoms with Gasteiger partial charge in [-0.1, -0.05) is 103 Å². The number of nitrogens with zero attached hydrogens (tertiary/aromatic N) is 2. The highest BCUT2D eigenvalue weighted by molar-refractivity contribution is 6.23. The summed E-state index contributed by atoms with van der Waals surface area (Å²) in [4.78, 5) is 14.0. The van der Waals surface area contributed by atoms with Crippen molar-refractivity contribution in [2.75, 3.05) is 0 Å². The molecular weight excluding hydrogens is 665 g/mol. The first-order chi connectivity index (χ1) is 26.7. The fourth-order valence-electron chi connectivity index (χ4n) is 9.32. The first-order valence-corrected chi connectivity index (χ1v) is 18.2. The molecule has 5 aromatic heterocycles. The molecule has 250 valence electrons. The van der Waals surface area contributed by atoms with Gasteiger partial charge in [0.1, 0.15) is 11.2 Å². The molecule has 13 aromatic rings. The van der Waals surface area contributed by atoms with Gasteiger partial charge in [0.15, 0.2) is 11.2 Å². The predicted molar refractivity (Wildman–Crippen MR) is 222 cm³/mol. The van der Waals surface area contributed by atoms with E-state index in [1.807, 2.05) is 52.9 Å². The minimum absolute atomic E-state index is 0.00823. The van der Waals surface area contributed by atoms with Crippen LogP contribution in [0, 0.1) is 0 Å². The van der Waals surface area contributed by atoms with E-state index < -0.39 is 0 Å². The van der Waals surface area contributed by atoms with Crippen LogP contribution >= 0.6 is 0 Å². The molecule has 5 heterocycles. The fourth-order valence-corrected chi connectivity index (χ4v) is 9.32. The summed E-state index contributed by atoms with van der Waals surface area (Å²) in [7, 11) is 0. The molecule has 0 aliphatic carbocycles. The Kier molecular flexibility index (Phi) is 5.20. The number of pyridine rings is 1. The van der Waals surface area contributed by atoms with E-state index >= 15 is 0 Å². The van der Waals surface area contributed by atoms with Gasteiger partial charge in [-0.15, -0.1) is 0 Å². The Morgan fingerprint density at radius 1 is 0.370 bits per heavy atom. The number of furan rings is 2. The average molecular weight is 691 g/mol. The van der Waals surface area contributed by atoms with Crippen LogP contribution in [0.2, 0.25) is 0 Å². The van der Waals surface area contributed by atoms with Crippen LogP contribution in [0.1, 0.15) is 0 Å². The van der Waals surface area contributed by atoms with Crippen molar-refractivity contribution in [3.63, 3.8) is 0 Å². The van der Waals surface area contributed by atoms with Crippen molar-refractivity contribution < 1.29 is 8.83 Å². The van der Waals surface area contributed by atoms with E-state index in [0.717, 1.165) is 120 Å². The number of hydrogen-bond acceptors (Lipinski definition) is 3. The molecule has 0 unspecified atom stereocenters. The van der Waals surface area contributed by atoms with Gasteiger partial charge >= 0.3 is 0 Å². The maximum atomic E-state index is 14.0. The average Bonchev–Trinajstić information content (AvgIpc) is 3.98. The Balaban J connectivity index is 1.17. The van der Waals surface area contributed by atoms with Crippen LogP contribution in [0.25, 0.3) is 120 Å². The number of fused-ring (bicyclic) bond motifs is 15. The van der Waals surface area contributed by atoms with Gasteiger partial charge in [-0.3, -0.25) is 9.20 Å². The second-order valence-corrected chi connectivity index (χ2v) is 14.4. The maximum Gasteiger partial charge on any atom is 0.263 e. The van der Waals surface area contributed by atoms with Crippen molar-refractivity contribution in [1.82, 2.24) is 8.97 Å². The molecule has 0 N–H and O–H groups in total. The monoisotopic (exact) mass is 690 g/mol. The largest absolute Gasteiger partial charge is 0.454 e. The van der Waals surface area contributed by atoms with Crippen LogP contribution in [-0.4, -0.2) is 8.97 Å². The summed E-state index contributed by atoms with van der Waals surface area (Å²) in [6.45, 7) is 0. The standard InChI is InChI=1S/C49H26N2O3/c52-49-37-14-2-1-10-29(37)33-15-9-16-34-38-24-27(20-23-41(38)51(49)45(33)34)28-25-39-32-13-5-8-19-44(32)53-47(39)42(26-28)50-40-17-6-3-11-30(40)35-21-22-36-31-12-4-7-18-43(31)54-48(36)46(35)50/h1-26H. The lowest BCUT2D eigenvalue weighted by Gasteiger charge is -2.12. The van der Waals surface area contributed by atoms with E-state index in [1.54, 1.807) is 0 Å². The zero-order valence-corrected chi connectivity index (χ0v) is 28.6. The number of benzene rings is 8. The van der Waals surface area contributed by atoms with Crippen LogP contribution in [0.5, 0.6) is 0 Å². The lowest BCUT2D eigenvalue weighted by atomic mass is 9.99. The van der Waals surface area contributed by atoms with Gasteiger partial charge in [-0.05, 0) is 71.1 Å². The molecule has 5 heteroatoms. The van der Waals surface area contributed by atoms with E-state index in [-0.39, 0.29) is 5.56 Å². The summed E-state index contributed by atoms with van der Waals surface area (Å²) in [6.07, 6.45) is 0. The Labute approximate surface area is 305 Å². The van der Waals surface area contributed by atoms with Crippen molar-refractivity contribution in [3.8, 4) is 16.8 Å². The molecule has 0 amide bonds. The van der Waals surface area contributed by atoms with Crippen molar-refractivity contribution in [3.05, 3.63) is 168 Å². The van der Waals surface area contributed by atoms with Gasteiger partial charge < -0.3 is 13.4 Å². The maximum absolute atomic E-state index is 14.0. The van der Waals surface area contributed by atoms with E-state index in [9.17, 15) is 4.79 Å². The summed E-state index contributed by atoms with van der Waals surface area (Å²) in [5, 5.41) is 11.4. The zero-order valence-electron chi connectivity index (χ0n) is 28.6. The lowest BCUT2D eigenvalue weighted by Crippen LogP contribution is -2.12. The Hall–Kier alpha value is -7.37. The third-order valence-corrected chi connectivity index (χ3v) is 11.7. The molecule has 54 heavy (non-hydrogen) atoms. The molecule has 0 spiro atoms. The van der Waals surface area contributed by atoms with Crippen LogP contribution in [0.3, 0.4) is 0 Å². The van der Waals surface area contributed by atoms with Gasteiger partial charge in [0, 0.05) is 53.9 Å². The topological polar surface area (TPSA) is 52.7 Å². The van der Waals surface area contributed by atoms with Crippen molar-refractivity contribution in [2.24, 2.45) is 0 Å². The zero-order chi connectivity index (χ0) is 35.2. The Morgan fingerprint density at radius 3 is 1.78 bits per heavy atom. The molecule has 5 nitrogen and oxygen atoms in total. The third-order valence-electron chi connectivity index (χ3n) is 11.7. The van der Waals surface area contributed by atoms with E-state index in [0.29, 0.717) is 0 Å². The molecular formula is C49H26N2O3. The molecule has 13 rings (SSSR count). The van der Waals surface area contributed by atoms with E-state index in [2.05, 4.69) is 114 Å². The van der Waals surface area contributed by atoms with Gasteiger partial charge in [0.05, 0.1) is 27.8 Å². The van der Waals surface area contributed by atoms with E-state index in [1.165, 1.54) is 0 Å². The van der Waals surface area contributed by atoms with Crippen molar-refractivity contribution >= 4 is 104 Å². The number of para-hydroxylation sites is 4. The third kappa shape index (κ3) is 3.46. The minimum Gasteiger partial charge on any atom is -0.454 e. The number of aromatic nitrogens is 2. The highest BCUT2D eigenvalue weighted by atomic mass is 16.3. The van der Waals surface area contributed by atoms with E-state index in [4.69, 9.17) is 8.83 Å². The molecule has 0 radical (unpaired) electrons. The van der Waals surface area contributed by atoms with Crippen LogP contribution in [0.15, 0.2) is 171 Å². The molecule has 0 saturated heterocycles. The summed E-state index contributed by atoms with van der Waals surface area (Å²) < 4.78 is 17.7. The molecule has 0 aliphatic heterocycles. The highest BCUT2D eigenvalue weighted by Gasteiger charge is 2.24. The van der Waals surface area contributed by atoms with Crippen LogP contribution in [0.4, 0.5) is 0 Å². The highest BCUT2D eigenvalue weighted by Crippen LogP contribution is 2.45. The molecule has 0 fully saturated rings. The van der Waals surface area contributed by atoms with Crippen LogP contribution < -0.4 is 5.56 Å². The van der Waals surface area contributed by atoms with Crippen molar-refractivity contribution in [2.45, 2.75) is 0 Å². The first kappa shape index (κ1) is 28.2. The fraction of sp³-hybridized carbons (Fsp3) is 0.